The fourth-order valence-electron chi connectivity index (χ4n) is 2.12. The van der Waals surface area contributed by atoms with Gasteiger partial charge < -0.3 is 9.84 Å². The predicted molar refractivity (Wildman–Crippen MR) is 80.6 cm³/mol. The molecule has 0 saturated heterocycles. The molecule has 0 aromatic heterocycles. The zero-order valence-electron chi connectivity index (χ0n) is 11.9. The molecule has 0 fully saturated rings. The molecule has 2 unspecified atom stereocenters. The molecule has 2 aromatic rings. The van der Waals surface area contributed by atoms with Crippen molar-refractivity contribution in [3.63, 3.8) is 0 Å². The standard InChI is InChI=1S/C17H19NO3/c1-21-17(20)16(14-10-6-3-7-11-14)18-12-15(19)13-8-4-2-5-9-13/h2-11,15-16,18-19H,12H2,1H3. The Bertz CT molecular complexity index is 557. The van der Waals surface area contributed by atoms with Crippen LogP contribution >= 0.6 is 0 Å². The third-order valence-electron chi connectivity index (χ3n) is 3.27. The van der Waals surface area contributed by atoms with Crippen molar-refractivity contribution >= 4 is 5.97 Å². The van der Waals surface area contributed by atoms with Crippen molar-refractivity contribution in [2.24, 2.45) is 0 Å². The average molecular weight is 285 g/mol. The van der Waals surface area contributed by atoms with Crippen LogP contribution in [0.2, 0.25) is 0 Å². The maximum atomic E-state index is 11.9. The molecule has 0 radical (unpaired) electrons. The van der Waals surface area contributed by atoms with Crippen LogP contribution in [-0.4, -0.2) is 24.7 Å². The van der Waals surface area contributed by atoms with E-state index in [9.17, 15) is 9.90 Å². The van der Waals surface area contributed by atoms with Crippen molar-refractivity contribution in [1.82, 2.24) is 5.32 Å². The van der Waals surface area contributed by atoms with E-state index in [1.165, 1.54) is 7.11 Å². The minimum absolute atomic E-state index is 0.263. The number of carbonyl (C=O) groups is 1. The van der Waals surface area contributed by atoms with Crippen LogP contribution in [0.1, 0.15) is 23.3 Å². The van der Waals surface area contributed by atoms with Gasteiger partial charge in [0.15, 0.2) is 0 Å². The highest BCUT2D eigenvalue weighted by atomic mass is 16.5. The Balaban J connectivity index is 2.05. The molecule has 0 aliphatic carbocycles. The molecule has 2 rings (SSSR count). The average Bonchev–Trinajstić information content (AvgIpc) is 2.56. The second kappa shape index (κ2) is 7.57. The van der Waals surface area contributed by atoms with Gasteiger partial charge in [-0.25, -0.2) is 4.79 Å². The second-order valence-corrected chi connectivity index (χ2v) is 4.70. The van der Waals surface area contributed by atoms with Gasteiger partial charge in [-0.1, -0.05) is 60.7 Å². The summed E-state index contributed by atoms with van der Waals surface area (Å²) in [6.45, 7) is 0.263. The Morgan fingerprint density at radius 2 is 1.57 bits per heavy atom. The monoisotopic (exact) mass is 285 g/mol. The number of carbonyl (C=O) groups excluding carboxylic acids is 1. The number of benzene rings is 2. The van der Waals surface area contributed by atoms with Gasteiger partial charge in [0.25, 0.3) is 0 Å². The number of ether oxygens (including phenoxy) is 1. The minimum Gasteiger partial charge on any atom is -0.468 e. The highest BCUT2D eigenvalue weighted by molar-refractivity contribution is 5.77. The summed E-state index contributed by atoms with van der Waals surface area (Å²) in [5.41, 5.74) is 1.62. The molecule has 4 heteroatoms. The summed E-state index contributed by atoms with van der Waals surface area (Å²) in [5.74, 6) is -0.374. The maximum absolute atomic E-state index is 11.9. The van der Waals surface area contributed by atoms with Crippen LogP contribution in [0.4, 0.5) is 0 Å². The first-order valence-corrected chi connectivity index (χ1v) is 6.81. The largest absolute Gasteiger partial charge is 0.468 e. The zero-order valence-corrected chi connectivity index (χ0v) is 11.9. The highest BCUT2D eigenvalue weighted by Crippen LogP contribution is 2.17. The van der Waals surface area contributed by atoms with E-state index >= 15 is 0 Å². The molecular formula is C17H19NO3. The molecular weight excluding hydrogens is 266 g/mol. The summed E-state index contributed by atoms with van der Waals surface area (Å²) in [5, 5.41) is 13.2. The van der Waals surface area contributed by atoms with Crippen LogP contribution < -0.4 is 5.32 Å². The lowest BCUT2D eigenvalue weighted by molar-refractivity contribution is -0.143. The van der Waals surface area contributed by atoms with Crippen molar-refractivity contribution < 1.29 is 14.6 Å². The molecule has 2 atom stereocenters. The van der Waals surface area contributed by atoms with E-state index in [1.54, 1.807) is 0 Å². The molecule has 0 heterocycles. The van der Waals surface area contributed by atoms with E-state index in [2.05, 4.69) is 5.32 Å². The Hall–Kier alpha value is -2.17. The zero-order chi connectivity index (χ0) is 15.1. The second-order valence-electron chi connectivity index (χ2n) is 4.70. The summed E-state index contributed by atoms with van der Waals surface area (Å²) in [6.07, 6.45) is -0.679. The molecule has 0 bridgehead atoms. The molecule has 0 aliphatic heterocycles. The minimum atomic E-state index is -0.679. The highest BCUT2D eigenvalue weighted by Gasteiger charge is 2.21. The SMILES string of the molecule is COC(=O)C(NCC(O)c1ccccc1)c1ccccc1. The van der Waals surface area contributed by atoms with E-state index in [4.69, 9.17) is 4.74 Å². The van der Waals surface area contributed by atoms with Crippen LogP contribution in [0, 0.1) is 0 Å². The Morgan fingerprint density at radius 1 is 1.05 bits per heavy atom. The summed E-state index contributed by atoms with van der Waals surface area (Å²) in [7, 11) is 1.35. The Labute approximate surface area is 124 Å². The molecule has 110 valence electrons. The van der Waals surface area contributed by atoms with Crippen LogP contribution in [0.25, 0.3) is 0 Å². The maximum Gasteiger partial charge on any atom is 0.327 e. The molecule has 0 aliphatic rings. The van der Waals surface area contributed by atoms with Gasteiger partial charge in [-0.05, 0) is 11.1 Å². The number of aliphatic hydroxyl groups is 1. The van der Waals surface area contributed by atoms with E-state index < -0.39 is 12.1 Å². The topological polar surface area (TPSA) is 58.6 Å². The molecule has 0 spiro atoms. The number of esters is 1. The first kappa shape index (κ1) is 15.2. The van der Waals surface area contributed by atoms with E-state index in [0.717, 1.165) is 11.1 Å². The van der Waals surface area contributed by atoms with E-state index in [0.29, 0.717) is 0 Å². The smallest absolute Gasteiger partial charge is 0.327 e. The number of nitrogens with one attached hydrogen (secondary N) is 1. The number of hydrogen-bond acceptors (Lipinski definition) is 4. The third-order valence-corrected chi connectivity index (χ3v) is 3.27. The predicted octanol–water partition coefficient (Wildman–Crippen LogP) is 2.22. The van der Waals surface area contributed by atoms with Gasteiger partial charge in [0.1, 0.15) is 6.04 Å². The molecule has 2 aromatic carbocycles. The normalized spacial score (nSPS) is 13.4. The van der Waals surface area contributed by atoms with Crippen LogP contribution in [0.3, 0.4) is 0 Å². The number of hydrogen-bond donors (Lipinski definition) is 2. The third kappa shape index (κ3) is 4.15. The molecule has 0 amide bonds. The fraction of sp³-hybridized carbons (Fsp3) is 0.235. The van der Waals surface area contributed by atoms with Gasteiger partial charge in [0.05, 0.1) is 13.2 Å². The number of methoxy groups -OCH3 is 1. The van der Waals surface area contributed by atoms with Crippen molar-refractivity contribution in [2.45, 2.75) is 12.1 Å². The van der Waals surface area contributed by atoms with Gasteiger partial charge in [-0.15, -0.1) is 0 Å². The van der Waals surface area contributed by atoms with Crippen molar-refractivity contribution in [3.05, 3.63) is 71.8 Å². The molecule has 4 nitrogen and oxygen atoms in total. The van der Waals surface area contributed by atoms with Crippen molar-refractivity contribution in [1.29, 1.82) is 0 Å². The Kier molecular flexibility index (Phi) is 5.49. The van der Waals surface area contributed by atoms with E-state index in [1.807, 2.05) is 60.7 Å². The lowest BCUT2D eigenvalue weighted by atomic mass is 10.1. The fourth-order valence-corrected chi connectivity index (χ4v) is 2.12. The van der Waals surface area contributed by atoms with Crippen molar-refractivity contribution in [2.75, 3.05) is 13.7 Å². The summed E-state index contributed by atoms with van der Waals surface area (Å²) in [4.78, 5) is 11.9. The summed E-state index contributed by atoms with van der Waals surface area (Å²) in [6, 6.07) is 18.1. The van der Waals surface area contributed by atoms with E-state index in [-0.39, 0.29) is 12.5 Å². The lowest BCUT2D eigenvalue weighted by Gasteiger charge is -2.19. The summed E-state index contributed by atoms with van der Waals surface area (Å²) >= 11 is 0. The molecule has 2 N–H and O–H groups in total. The number of rotatable bonds is 6. The van der Waals surface area contributed by atoms with Crippen LogP contribution in [0.5, 0.6) is 0 Å². The Morgan fingerprint density at radius 3 is 2.10 bits per heavy atom. The quantitative estimate of drug-likeness (QED) is 0.799. The van der Waals surface area contributed by atoms with Crippen LogP contribution in [0.15, 0.2) is 60.7 Å². The van der Waals surface area contributed by atoms with Crippen molar-refractivity contribution in [3.8, 4) is 0 Å². The van der Waals surface area contributed by atoms with Gasteiger partial charge in [-0.2, -0.15) is 0 Å². The van der Waals surface area contributed by atoms with Gasteiger partial charge in [0.2, 0.25) is 0 Å². The molecule has 21 heavy (non-hydrogen) atoms. The van der Waals surface area contributed by atoms with Gasteiger partial charge >= 0.3 is 5.97 Å². The molecule has 0 saturated carbocycles. The first-order valence-electron chi connectivity index (χ1n) is 6.81. The van der Waals surface area contributed by atoms with Crippen LogP contribution in [-0.2, 0) is 9.53 Å². The summed E-state index contributed by atoms with van der Waals surface area (Å²) < 4.78 is 4.82. The van der Waals surface area contributed by atoms with Gasteiger partial charge in [0, 0.05) is 6.54 Å². The first-order chi connectivity index (χ1) is 10.2. The lowest BCUT2D eigenvalue weighted by Crippen LogP contribution is -2.32. The van der Waals surface area contributed by atoms with Gasteiger partial charge in [-0.3, -0.25) is 5.32 Å². The number of aliphatic hydroxyl groups excluding tert-OH is 1.